The molecular formula is C12H17NO2. The van der Waals surface area contributed by atoms with Gasteiger partial charge in [0.25, 0.3) is 5.88 Å². The maximum Gasteiger partial charge on any atom is 0.257 e. The lowest BCUT2D eigenvalue weighted by atomic mass is 10.2. The molecule has 1 heterocycles. The van der Waals surface area contributed by atoms with Crippen LogP contribution in [0.1, 0.15) is 33.6 Å². The monoisotopic (exact) mass is 207 g/mol. The van der Waals surface area contributed by atoms with Crippen molar-refractivity contribution in [3.63, 3.8) is 0 Å². The molecule has 0 radical (unpaired) electrons. The molecule has 0 amide bonds. The molecule has 2 rings (SSSR count). The van der Waals surface area contributed by atoms with Crippen LogP contribution in [0.5, 0.6) is 11.6 Å². The van der Waals surface area contributed by atoms with Crippen molar-refractivity contribution in [2.45, 2.75) is 45.3 Å². The number of rotatable bonds is 3. The Kier molecular flexibility index (Phi) is 2.55. The molecule has 1 aliphatic carbocycles. The Balaban J connectivity index is 2.13. The Hall–Kier alpha value is -1.25. The van der Waals surface area contributed by atoms with E-state index < -0.39 is 0 Å². The molecule has 1 aromatic rings. The number of pyridine rings is 1. The number of ether oxygens (including phenoxy) is 2. The molecule has 3 nitrogen and oxygen atoms in total. The van der Waals surface area contributed by atoms with Crippen LogP contribution in [0.4, 0.5) is 0 Å². The summed E-state index contributed by atoms with van der Waals surface area (Å²) >= 11 is 0. The summed E-state index contributed by atoms with van der Waals surface area (Å²) in [4.78, 5) is 4.20. The van der Waals surface area contributed by atoms with E-state index in [0.717, 1.165) is 18.6 Å². The average molecular weight is 207 g/mol. The van der Waals surface area contributed by atoms with Gasteiger partial charge in [0.15, 0.2) is 5.75 Å². The summed E-state index contributed by atoms with van der Waals surface area (Å²) in [7, 11) is 0. The van der Waals surface area contributed by atoms with E-state index in [1.54, 1.807) is 6.20 Å². The zero-order valence-electron chi connectivity index (χ0n) is 9.49. The zero-order valence-corrected chi connectivity index (χ0v) is 9.49. The third kappa shape index (κ3) is 3.11. The molecule has 1 saturated carbocycles. The predicted octanol–water partition coefficient (Wildman–Crippen LogP) is 2.80. The van der Waals surface area contributed by atoms with Crippen molar-refractivity contribution in [3.05, 3.63) is 18.3 Å². The summed E-state index contributed by atoms with van der Waals surface area (Å²) in [5.74, 6) is 1.35. The quantitative estimate of drug-likeness (QED) is 0.763. The van der Waals surface area contributed by atoms with Crippen LogP contribution in [0, 0.1) is 0 Å². The highest BCUT2D eigenvalue weighted by atomic mass is 16.5. The second kappa shape index (κ2) is 3.72. The Morgan fingerprint density at radius 3 is 2.67 bits per heavy atom. The molecule has 0 spiro atoms. The lowest BCUT2D eigenvalue weighted by molar-refractivity contribution is 0.115. The molecule has 0 bridgehead atoms. The molecule has 0 N–H and O–H groups in total. The van der Waals surface area contributed by atoms with Gasteiger partial charge < -0.3 is 9.47 Å². The second-order valence-corrected chi connectivity index (χ2v) is 4.84. The maximum absolute atomic E-state index is 5.73. The van der Waals surface area contributed by atoms with Gasteiger partial charge in [-0.25, -0.2) is 4.98 Å². The van der Waals surface area contributed by atoms with Crippen molar-refractivity contribution >= 4 is 0 Å². The fourth-order valence-corrected chi connectivity index (χ4v) is 1.20. The van der Waals surface area contributed by atoms with Crippen LogP contribution in [0.15, 0.2) is 18.3 Å². The minimum Gasteiger partial charge on any atom is -0.485 e. The van der Waals surface area contributed by atoms with E-state index in [2.05, 4.69) is 4.98 Å². The molecule has 1 fully saturated rings. The normalized spacial score (nSPS) is 16.2. The maximum atomic E-state index is 5.73. The van der Waals surface area contributed by atoms with E-state index in [1.165, 1.54) is 0 Å². The number of hydrogen-bond acceptors (Lipinski definition) is 3. The van der Waals surface area contributed by atoms with Gasteiger partial charge in [-0.05, 0) is 45.7 Å². The summed E-state index contributed by atoms with van der Waals surface area (Å²) in [5, 5.41) is 0. The van der Waals surface area contributed by atoms with E-state index in [-0.39, 0.29) is 5.60 Å². The van der Waals surface area contributed by atoms with Gasteiger partial charge in [0, 0.05) is 6.20 Å². The van der Waals surface area contributed by atoms with Gasteiger partial charge in [-0.1, -0.05) is 0 Å². The van der Waals surface area contributed by atoms with E-state index in [4.69, 9.17) is 9.47 Å². The van der Waals surface area contributed by atoms with E-state index in [0.29, 0.717) is 12.0 Å². The van der Waals surface area contributed by atoms with Crippen molar-refractivity contribution in [3.8, 4) is 11.6 Å². The summed E-state index contributed by atoms with van der Waals surface area (Å²) in [6, 6.07) is 3.78. The van der Waals surface area contributed by atoms with Crippen molar-refractivity contribution in [1.82, 2.24) is 4.98 Å². The van der Waals surface area contributed by atoms with Gasteiger partial charge in [-0.15, -0.1) is 0 Å². The minimum atomic E-state index is -0.240. The fourth-order valence-electron chi connectivity index (χ4n) is 1.20. The Labute approximate surface area is 90.4 Å². The molecule has 0 saturated heterocycles. The first-order valence-corrected chi connectivity index (χ1v) is 5.35. The molecule has 15 heavy (non-hydrogen) atoms. The average Bonchev–Trinajstić information content (AvgIpc) is 2.89. The van der Waals surface area contributed by atoms with Crippen LogP contribution in [0.2, 0.25) is 0 Å². The lowest BCUT2D eigenvalue weighted by Gasteiger charge is -2.21. The largest absolute Gasteiger partial charge is 0.485 e. The molecule has 3 heteroatoms. The Bertz CT molecular complexity index is 340. The number of aromatic nitrogens is 1. The second-order valence-electron chi connectivity index (χ2n) is 4.84. The SMILES string of the molecule is CC(C)(C)Oc1ncccc1OC1CC1. The first-order chi connectivity index (χ1) is 7.04. The first-order valence-electron chi connectivity index (χ1n) is 5.35. The Morgan fingerprint density at radius 1 is 1.33 bits per heavy atom. The van der Waals surface area contributed by atoms with Gasteiger partial charge in [-0.3, -0.25) is 0 Å². The summed E-state index contributed by atoms with van der Waals surface area (Å²) in [6.45, 7) is 6.01. The predicted molar refractivity (Wildman–Crippen MR) is 58.3 cm³/mol. The molecule has 0 aliphatic heterocycles. The number of nitrogens with zero attached hydrogens (tertiary/aromatic N) is 1. The highest BCUT2D eigenvalue weighted by Crippen LogP contribution is 2.33. The topological polar surface area (TPSA) is 31.4 Å². The van der Waals surface area contributed by atoms with Crippen molar-refractivity contribution in [2.75, 3.05) is 0 Å². The van der Waals surface area contributed by atoms with Gasteiger partial charge in [0.2, 0.25) is 0 Å². The van der Waals surface area contributed by atoms with Crippen LogP contribution in [-0.4, -0.2) is 16.7 Å². The van der Waals surface area contributed by atoms with Crippen molar-refractivity contribution < 1.29 is 9.47 Å². The minimum absolute atomic E-state index is 0.240. The first kappa shape index (κ1) is 10.3. The van der Waals surface area contributed by atoms with Gasteiger partial charge in [0.05, 0.1) is 6.10 Å². The van der Waals surface area contributed by atoms with Crippen LogP contribution in [0.25, 0.3) is 0 Å². The fraction of sp³-hybridized carbons (Fsp3) is 0.583. The number of hydrogen-bond donors (Lipinski definition) is 0. The lowest BCUT2D eigenvalue weighted by Crippen LogP contribution is -2.24. The molecule has 1 aliphatic rings. The van der Waals surface area contributed by atoms with Gasteiger partial charge >= 0.3 is 0 Å². The molecule has 82 valence electrons. The third-order valence-corrected chi connectivity index (χ3v) is 1.96. The van der Waals surface area contributed by atoms with Crippen molar-refractivity contribution in [2.24, 2.45) is 0 Å². The van der Waals surface area contributed by atoms with E-state index in [9.17, 15) is 0 Å². The third-order valence-electron chi connectivity index (χ3n) is 1.96. The van der Waals surface area contributed by atoms with Crippen molar-refractivity contribution in [1.29, 1.82) is 0 Å². The summed E-state index contributed by atoms with van der Waals surface area (Å²) in [5.41, 5.74) is -0.240. The summed E-state index contributed by atoms with van der Waals surface area (Å²) < 4.78 is 11.4. The molecular weight excluding hydrogens is 190 g/mol. The molecule has 0 aromatic carbocycles. The molecule has 1 aromatic heterocycles. The van der Waals surface area contributed by atoms with Crippen LogP contribution in [-0.2, 0) is 0 Å². The summed E-state index contributed by atoms with van der Waals surface area (Å²) in [6.07, 6.45) is 4.38. The molecule has 0 unspecified atom stereocenters. The van der Waals surface area contributed by atoms with Crippen LogP contribution < -0.4 is 9.47 Å². The van der Waals surface area contributed by atoms with Crippen LogP contribution >= 0.6 is 0 Å². The molecule has 0 atom stereocenters. The zero-order chi connectivity index (χ0) is 10.9. The Morgan fingerprint density at radius 2 is 2.07 bits per heavy atom. The van der Waals surface area contributed by atoms with Gasteiger partial charge in [-0.2, -0.15) is 0 Å². The smallest absolute Gasteiger partial charge is 0.257 e. The van der Waals surface area contributed by atoms with E-state index >= 15 is 0 Å². The highest BCUT2D eigenvalue weighted by Gasteiger charge is 2.26. The standard InChI is InChI=1S/C12H17NO2/c1-12(2,3)15-11-10(5-4-8-13-11)14-9-6-7-9/h4-5,8-9H,6-7H2,1-3H3. The van der Waals surface area contributed by atoms with E-state index in [1.807, 2.05) is 32.9 Å². The van der Waals surface area contributed by atoms with Gasteiger partial charge in [0.1, 0.15) is 5.60 Å². The van der Waals surface area contributed by atoms with Crippen LogP contribution in [0.3, 0.4) is 0 Å². The highest BCUT2D eigenvalue weighted by molar-refractivity contribution is 5.33.